The summed E-state index contributed by atoms with van der Waals surface area (Å²) in [6, 6.07) is 74.1. The molecule has 0 N–H and O–H groups in total. The zero-order valence-corrected chi connectivity index (χ0v) is 78.9. The first-order chi connectivity index (χ1) is 58.4. The summed E-state index contributed by atoms with van der Waals surface area (Å²) < 4.78 is 24.1. The van der Waals surface area contributed by atoms with Gasteiger partial charge in [-0.3, -0.25) is 0 Å². The summed E-state index contributed by atoms with van der Waals surface area (Å²) in [7, 11) is -1.89. The van der Waals surface area contributed by atoms with Gasteiger partial charge in [0.1, 0.15) is 0 Å². The van der Waals surface area contributed by atoms with E-state index in [0.29, 0.717) is 11.1 Å². The second-order valence-electron chi connectivity index (χ2n) is 42.4. The predicted molar refractivity (Wildman–Crippen MR) is 522 cm³/mol. The maximum atomic E-state index is 6.11. The van der Waals surface area contributed by atoms with Crippen molar-refractivity contribution < 1.29 is 18.9 Å². The average molecular weight is 1640 g/mol. The van der Waals surface area contributed by atoms with Crippen LogP contribution in [0.5, 0.6) is 0 Å². The molecule has 9 unspecified atom stereocenters. The lowest BCUT2D eigenvalue weighted by atomic mass is 9.32. The van der Waals surface area contributed by atoms with Gasteiger partial charge in [-0.1, -0.05) is 343 Å². The van der Waals surface area contributed by atoms with Gasteiger partial charge in [-0.15, -0.1) is 0 Å². The van der Waals surface area contributed by atoms with E-state index in [-0.39, 0.29) is 54.3 Å². The molecule has 122 heavy (non-hydrogen) atoms. The second-order valence-corrected chi connectivity index (χ2v) is 47.3. The van der Waals surface area contributed by atoms with E-state index in [2.05, 4.69) is 361 Å². The molecule has 4 fully saturated rings. The summed E-state index contributed by atoms with van der Waals surface area (Å²) in [6.45, 7) is 45.6. The standard InChI is InChI=1S/C44H48O.C37H50OSi.C36H46O2/c1-32-30-38-36(34-20-12-9-13-21-34)23-17-25-40(38)44(32)31-43(42(44,5)27-14-6-7-15-29-45-41(2,3)4)28-26-37-35(22-16-24-39(37)43)33-18-10-8-11-19-33;1-26-24-33-32(31-18-13-12-14-19-31)20-17-21-34(33)36(26)25-37(29(4)27(2)28(3)30(37)5)39(36,9)23-16-11-10-15-22-38-35(6,7)8;1-33(2,3)38-23-12-6-5-11-20-34(4)35(21-19-27-14-7-9-17-31(27)35)26-36(34)25-28(24-29-15-13-22-37-29)30-16-8-10-18-32(30)36/h8-13,16-26,28,30H,6-7,14-15,27,29,31H2,1-5H3;12-14,17-21,24H,10-11,15-16,22-23,25H2,1-9H3;7-10,14,16-19,21,25,29H,5-6,11-13,15,20,22-24,26H2,1-4H3. The lowest BCUT2D eigenvalue weighted by Crippen LogP contribution is -2.72. The molecular weight excluding hydrogens is 1500 g/mol. The Hall–Kier alpha value is -8.00. The number of rotatable bonds is 26. The molecule has 10 aliphatic rings. The van der Waals surface area contributed by atoms with Crippen molar-refractivity contribution in [1.29, 1.82) is 0 Å². The van der Waals surface area contributed by atoms with Crippen molar-refractivity contribution in [2.75, 3.05) is 26.4 Å². The molecule has 0 bridgehead atoms. The quantitative estimate of drug-likeness (QED) is 0.0400. The zero-order chi connectivity index (χ0) is 85.9. The summed E-state index contributed by atoms with van der Waals surface area (Å²) in [5.74, 6) is 0. The molecule has 9 atom stereocenters. The molecule has 2 saturated heterocycles. The molecule has 18 rings (SSSR count). The summed E-state index contributed by atoms with van der Waals surface area (Å²) in [6.07, 6.45) is 42.6. The number of ether oxygens (including phenoxy) is 4. The van der Waals surface area contributed by atoms with Gasteiger partial charge < -0.3 is 18.9 Å². The first-order valence-corrected chi connectivity index (χ1v) is 50.2. The maximum Gasteiger partial charge on any atom is 0.0824 e. The lowest BCUT2D eigenvalue weighted by molar-refractivity contribution is -0.0566. The number of fused-ring (bicyclic) bond motifs is 10. The fourth-order valence-corrected chi connectivity index (χ4v) is 33.8. The highest BCUT2D eigenvalue weighted by molar-refractivity contribution is 6.89. The molecule has 6 spiro atoms. The average Bonchev–Trinajstić information content (AvgIpc) is 1.44. The molecule has 0 radical (unpaired) electrons. The van der Waals surface area contributed by atoms with Crippen LogP contribution in [0.3, 0.4) is 0 Å². The van der Waals surface area contributed by atoms with E-state index < -0.39 is 8.07 Å². The first kappa shape index (κ1) is 87.5. The van der Waals surface area contributed by atoms with Gasteiger partial charge in [-0.2, -0.15) is 0 Å². The second kappa shape index (κ2) is 34.1. The highest BCUT2D eigenvalue weighted by Crippen LogP contribution is 2.82. The van der Waals surface area contributed by atoms with Gasteiger partial charge >= 0.3 is 0 Å². The maximum absolute atomic E-state index is 6.11. The minimum atomic E-state index is -1.89. The van der Waals surface area contributed by atoms with Gasteiger partial charge in [0.05, 0.1) is 31.0 Å². The van der Waals surface area contributed by atoms with E-state index in [1.54, 1.807) is 44.6 Å². The normalized spacial score (nSPS) is 26.9. The van der Waals surface area contributed by atoms with Gasteiger partial charge in [0, 0.05) is 58.2 Å². The highest BCUT2D eigenvalue weighted by Gasteiger charge is 2.77. The number of allylic oxidation sites excluding steroid dienone is 9. The summed E-state index contributed by atoms with van der Waals surface area (Å²) in [5.41, 5.74) is 34.6. The Kier molecular flexibility index (Phi) is 24.4. The Morgan fingerprint density at radius 1 is 0.393 bits per heavy atom. The smallest absolute Gasteiger partial charge is 0.0824 e. The molecule has 8 aromatic carbocycles. The molecule has 0 aromatic heterocycles. The van der Waals surface area contributed by atoms with Crippen LogP contribution in [0.25, 0.3) is 63.3 Å². The minimum Gasteiger partial charge on any atom is -0.378 e. The molecule has 4 nitrogen and oxygen atoms in total. The van der Waals surface area contributed by atoms with Crippen molar-refractivity contribution in [1.82, 2.24) is 0 Å². The number of hydrogen-bond donors (Lipinski definition) is 0. The van der Waals surface area contributed by atoms with E-state index in [1.807, 2.05) is 0 Å². The lowest BCUT2D eigenvalue weighted by Gasteiger charge is -2.70. The molecule has 2 saturated carbocycles. The van der Waals surface area contributed by atoms with Crippen molar-refractivity contribution in [2.24, 2.45) is 10.8 Å². The third-order valence-corrected chi connectivity index (χ3v) is 39.8. The molecule has 5 heteroatoms. The Morgan fingerprint density at radius 3 is 1.39 bits per heavy atom. The topological polar surface area (TPSA) is 36.9 Å². The third kappa shape index (κ3) is 14.7. The fraction of sp³-hybridized carbons (Fsp3) is 0.470. The Bertz CT molecular complexity index is 5360. The monoisotopic (exact) mass is 1640 g/mol. The van der Waals surface area contributed by atoms with Crippen molar-refractivity contribution in [3.05, 3.63) is 301 Å². The van der Waals surface area contributed by atoms with Gasteiger partial charge in [0.25, 0.3) is 0 Å². The van der Waals surface area contributed by atoms with Crippen molar-refractivity contribution in [3.8, 4) is 33.4 Å². The highest BCUT2D eigenvalue weighted by atomic mass is 28.3. The Balaban J connectivity index is 0.000000136. The minimum absolute atomic E-state index is 0.0158. The largest absolute Gasteiger partial charge is 0.378 e. The van der Waals surface area contributed by atoms with Crippen molar-refractivity contribution in [2.45, 2.75) is 313 Å². The van der Waals surface area contributed by atoms with Crippen LogP contribution in [0.1, 0.15) is 302 Å². The number of hydrogen-bond acceptors (Lipinski definition) is 4. The Morgan fingerprint density at radius 2 is 0.836 bits per heavy atom. The van der Waals surface area contributed by atoms with E-state index in [1.165, 1.54) is 192 Å². The van der Waals surface area contributed by atoms with Gasteiger partial charge in [-0.25, -0.2) is 0 Å². The molecule has 8 aliphatic carbocycles. The number of unbranched alkanes of at least 4 members (excludes halogenated alkanes) is 9. The third-order valence-electron chi connectivity index (χ3n) is 32.9. The van der Waals surface area contributed by atoms with E-state index in [9.17, 15) is 0 Å². The molecule has 8 aromatic rings. The summed E-state index contributed by atoms with van der Waals surface area (Å²) in [4.78, 5) is 0. The summed E-state index contributed by atoms with van der Waals surface area (Å²) in [5, 5.41) is 0.534. The van der Waals surface area contributed by atoms with E-state index >= 15 is 0 Å². The summed E-state index contributed by atoms with van der Waals surface area (Å²) >= 11 is 0. The van der Waals surface area contributed by atoms with Gasteiger partial charge in [0.15, 0.2) is 0 Å². The molecule has 2 aliphatic heterocycles. The van der Waals surface area contributed by atoms with Crippen LogP contribution in [0.2, 0.25) is 17.6 Å². The zero-order valence-electron chi connectivity index (χ0n) is 77.9. The SMILES string of the molecule is CC(C)(C)OCCCCCCC1(C)C2(C=Cc3ccccc32)CC12C=C(CC1CCCO1)c1ccccc12.CC1=Cc2c(-c3ccccc3)cccc2C12CC1(C(C)=C(C)C(C)=C1C)[Si]2(C)CCCCCCOC(C)(C)C.CC1=Cc2c(-c3ccccc3)cccc2C12CC1(C=Cc3c(-c4ccccc4)cccc31)C2(C)CCCCCCOC(C)(C)C. The molecule has 2 heterocycles. The predicted octanol–water partition coefficient (Wildman–Crippen LogP) is 31.7. The van der Waals surface area contributed by atoms with Crippen LogP contribution in [0, 0.1) is 10.8 Å². The molecular formula is C117H144O4Si. The van der Waals surface area contributed by atoms with Crippen molar-refractivity contribution >= 4 is 38.0 Å². The van der Waals surface area contributed by atoms with Crippen molar-refractivity contribution in [3.63, 3.8) is 0 Å². The van der Waals surface area contributed by atoms with E-state index in [4.69, 9.17) is 18.9 Å². The van der Waals surface area contributed by atoms with Gasteiger partial charge in [-0.05, 0) is 291 Å². The molecule has 640 valence electrons. The number of benzene rings is 8. The van der Waals surface area contributed by atoms with Crippen LogP contribution < -0.4 is 0 Å². The van der Waals surface area contributed by atoms with Crippen LogP contribution in [0.15, 0.2) is 246 Å². The van der Waals surface area contributed by atoms with Crippen LogP contribution >= 0.6 is 0 Å². The van der Waals surface area contributed by atoms with Crippen LogP contribution in [0.4, 0.5) is 0 Å². The first-order valence-electron chi connectivity index (χ1n) is 47.5. The molecule has 0 amide bonds. The van der Waals surface area contributed by atoms with Crippen LogP contribution in [-0.4, -0.2) is 57.4 Å². The fourth-order valence-electron chi connectivity index (χ4n) is 26.4. The van der Waals surface area contributed by atoms with Gasteiger partial charge in [0.2, 0.25) is 0 Å². The Labute approximate surface area is 737 Å². The van der Waals surface area contributed by atoms with E-state index in [0.717, 1.165) is 52.1 Å². The van der Waals surface area contributed by atoms with Crippen LogP contribution in [-0.2, 0) is 45.6 Å².